The van der Waals surface area contributed by atoms with Gasteiger partial charge in [-0.15, -0.1) is 12.6 Å². The van der Waals surface area contributed by atoms with Crippen molar-refractivity contribution >= 4 is 28.4 Å². The maximum absolute atomic E-state index is 5.66. The van der Waals surface area contributed by atoms with Gasteiger partial charge in [0, 0.05) is 19.5 Å². The third-order valence-electron chi connectivity index (χ3n) is 3.49. The minimum absolute atomic E-state index is 0. The van der Waals surface area contributed by atoms with Gasteiger partial charge < -0.3 is 4.74 Å². The number of thiol groups is 2. The number of unbranched alkanes of at least 4 members (excludes halogenated alkanes) is 10. The van der Waals surface area contributed by atoms with Crippen LogP contribution in [0.15, 0.2) is 0 Å². The van der Waals surface area contributed by atoms with Crippen molar-refractivity contribution in [1.82, 2.24) is 0 Å². The van der Waals surface area contributed by atoms with Crippen molar-refractivity contribution < 1.29 is 24.2 Å². The molecule has 124 valence electrons. The van der Waals surface area contributed by atoms with Gasteiger partial charge in [-0.25, -0.2) is 0 Å². The third kappa shape index (κ3) is 21.2. The van der Waals surface area contributed by atoms with E-state index in [1.807, 2.05) is 0 Å². The molecular weight excluding hydrogens is 350 g/mol. The molecule has 0 N–H and O–H groups in total. The van der Waals surface area contributed by atoms with Crippen LogP contribution >= 0.6 is 24.0 Å². The zero-order chi connectivity index (χ0) is 14.9. The maximum atomic E-state index is 5.66. The van der Waals surface area contributed by atoms with Crippen LogP contribution in [-0.2, 0) is 24.2 Å². The molecule has 0 rings (SSSR count). The Kier molecular flexibility index (Phi) is 24.6. The molecule has 0 aliphatic rings. The Morgan fingerprint density at radius 2 is 1.24 bits per heavy atom. The Labute approximate surface area is 155 Å². The van der Waals surface area contributed by atoms with Crippen LogP contribution in [0, 0.1) is 0 Å². The van der Waals surface area contributed by atoms with E-state index in [1.54, 1.807) is 0 Å². The van der Waals surface area contributed by atoms with Gasteiger partial charge in [0.05, 0.1) is 6.61 Å². The number of ether oxygens (including phenoxy) is 1. The van der Waals surface area contributed by atoms with Crippen molar-refractivity contribution in [3.05, 3.63) is 0 Å². The molecule has 0 aliphatic heterocycles. The minimum atomic E-state index is 0. The van der Waals surface area contributed by atoms with Crippen molar-refractivity contribution in [1.29, 1.82) is 0 Å². The molecule has 1 nitrogen and oxygen atoms in total. The van der Waals surface area contributed by atoms with Crippen molar-refractivity contribution in [3.63, 3.8) is 0 Å². The average Bonchev–Trinajstić information content (AvgIpc) is 2.45. The van der Waals surface area contributed by atoms with E-state index in [0.29, 0.717) is 0 Å². The van der Waals surface area contributed by atoms with E-state index >= 15 is 0 Å². The standard InChI is InChI=1S/C17H36OS2.Zn/c1-3-5-7-9-11-13-15-18-17(19)20-16-14-12-10-8-6-4-2;/h19-20H,3-16H2,1-2H3;. The van der Waals surface area contributed by atoms with Crippen LogP contribution in [0.5, 0.6) is 0 Å². The van der Waals surface area contributed by atoms with Gasteiger partial charge >= 0.3 is 0 Å². The van der Waals surface area contributed by atoms with Crippen LogP contribution in [0.25, 0.3) is 0 Å². The first kappa shape index (κ1) is 24.4. The van der Waals surface area contributed by atoms with Gasteiger partial charge in [-0.05, 0) is 18.6 Å². The molecule has 0 saturated carbocycles. The summed E-state index contributed by atoms with van der Waals surface area (Å²) < 4.78 is 6.59. The second-order valence-electron chi connectivity index (χ2n) is 5.55. The van der Waals surface area contributed by atoms with Crippen LogP contribution in [0.1, 0.15) is 90.9 Å². The summed E-state index contributed by atoms with van der Waals surface area (Å²) in [6, 6.07) is 0. The molecular formula is C17H36OS2Zn. The molecule has 0 aromatic rings. The second-order valence-corrected chi connectivity index (χ2v) is 7.48. The molecule has 21 heavy (non-hydrogen) atoms. The van der Waals surface area contributed by atoms with E-state index in [-0.39, 0.29) is 19.5 Å². The Balaban J connectivity index is 0. The van der Waals surface area contributed by atoms with E-state index in [0.717, 1.165) is 11.0 Å². The molecule has 0 radical (unpaired) electrons. The predicted molar refractivity (Wildman–Crippen MR) is 101 cm³/mol. The molecule has 0 aromatic heterocycles. The first-order valence-electron chi connectivity index (χ1n) is 8.67. The molecule has 0 atom stereocenters. The van der Waals surface area contributed by atoms with E-state index in [2.05, 4.69) is 26.5 Å². The molecule has 0 bridgehead atoms. The van der Waals surface area contributed by atoms with Crippen molar-refractivity contribution in [2.24, 2.45) is 0 Å². The first-order chi connectivity index (χ1) is 9.81. The summed E-state index contributed by atoms with van der Waals surface area (Å²) in [5, 5.41) is 0. The van der Waals surface area contributed by atoms with Gasteiger partial charge in [0.25, 0.3) is 0 Å². The third-order valence-corrected chi connectivity index (χ3v) is 4.98. The Bertz CT molecular complexity index is 223. The summed E-state index contributed by atoms with van der Waals surface area (Å²) in [6.45, 7) is 5.38. The van der Waals surface area contributed by atoms with Crippen molar-refractivity contribution in [2.45, 2.75) is 90.9 Å². The van der Waals surface area contributed by atoms with Crippen LogP contribution in [0.2, 0.25) is 0 Å². The molecule has 0 fully saturated rings. The molecule has 0 aromatic carbocycles. The Hall–Kier alpha value is 1.15. The monoisotopic (exact) mass is 384 g/mol. The smallest absolute Gasteiger partial charge is 0.127 e. The SMILES string of the molecule is CCCCCCCCOC(S)=[SH]CCCCCCCC.[Zn]. The van der Waals surface area contributed by atoms with E-state index in [9.17, 15) is 0 Å². The van der Waals surface area contributed by atoms with Crippen LogP contribution in [-0.4, -0.2) is 16.7 Å². The summed E-state index contributed by atoms with van der Waals surface area (Å²) in [6.07, 6.45) is 16.1. The van der Waals surface area contributed by atoms with Crippen molar-refractivity contribution in [3.8, 4) is 0 Å². The Morgan fingerprint density at radius 3 is 1.81 bits per heavy atom. The minimum Gasteiger partial charge on any atom is -0.335 e. The zero-order valence-electron chi connectivity index (χ0n) is 14.4. The number of hydrogen-bond donors (Lipinski definition) is 2. The fraction of sp³-hybridized carbons (Fsp3) is 0.941. The number of hydrogen-bond acceptors (Lipinski definition) is 1. The molecule has 0 saturated heterocycles. The van der Waals surface area contributed by atoms with E-state index in [1.165, 1.54) is 94.2 Å². The maximum Gasteiger partial charge on any atom is 0.127 e. The quantitative estimate of drug-likeness (QED) is 0.156. The molecule has 0 aliphatic carbocycles. The van der Waals surface area contributed by atoms with E-state index in [4.69, 9.17) is 4.74 Å². The van der Waals surface area contributed by atoms with Crippen LogP contribution in [0.4, 0.5) is 0 Å². The number of rotatable bonds is 14. The molecule has 0 unspecified atom stereocenters. The van der Waals surface area contributed by atoms with Crippen LogP contribution < -0.4 is 0 Å². The average molecular weight is 386 g/mol. The summed E-state index contributed by atoms with van der Waals surface area (Å²) in [4.78, 5) is 0. The second kappa shape index (κ2) is 21.2. The predicted octanol–water partition coefficient (Wildman–Crippen LogP) is 6.20. The van der Waals surface area contributed by atoms with Gasteiger partial charge in [0.2, 0.25) is 0 Å². The van der Waals surface area contributed by atoms with Gasteiger partial charge in [0.1, 0.15) is 4.38 Å². The van der Waals surface area contributed by atoms with Gasteiger partial charge in [0.15, 0.2) is 0 Å². The molecule has 4 heteroatoms. The summed E-state index contributed by atoms with van der Waals surface area (Å²) in [7, 11) is 0. The van der Waals surface area contributed by atoms with Gasteiger partial charge in [-0.3, -0.25) is 0 Å². The fourth-order valence-corrected chi connectivity index (χ4v) is 3.31. The fourth-order valence-electron chi connectivity index (χ4n) is 2.16. The first-order valence-corrected chi connectivity index (χ1v) is 10.2. The molecule has 0 heterocycles. The van der Waals surface area contributed by atoms with E-state index < -0.39 is 0 Å². The summed E-state index contributed by atoms with van der Waals surface area (Å²) in [5.41, 5.74) is 0. The molecule has 0 amide bonds. The van der Waals surface area contributed by atoms with Gasteiger partial charge in [-0.1, -0.05) is 78.1 Å². The Morgan fingerprint density at radius 1 is 0.762 bits per heavy atom. The zero-order valence-corrected chi connectivity index (χ0v) is 19.2. The molecule has 0 spiro atoms. The topological polar surface area (TPSA) is 9.23 Å². The normalized spacial score (nSPS) is 11.9. The largest absolute Gasteiger partial charge is 0.335 e. The summed E-state index contributed by atoms with van der Waals surface area (Å²) >= 11 is 5.71. The van der Waals surface area contributed by atoms with Crippen LogP contribution in [0.3, 0.4) is 0 Å². The summed E-state index contributed by atoms with van der Waals surface area (Å²) in [5.74, 6) is 1.21. The van der Waals surface area contributed by atoms with Gasteiger partial charge in [-0.2, -0.15) is 11.4 Å². The van der Waals surface area contributed by atoms with Crippen molar-refractivity contribution in [2.75, 3.05) is 12.4 Å².